The summed E-state index contributed by atoms with van der Waals surface area (Å²) in [6.45, 7) is 0. The minimum absolute atomic E-state index is 0.246. The van der Waals surface area contributed by atoms with Gasteiger partial charge in [-0.1, -0.05) is 12.1 Å². The molecule has 0 saturated heterocycles. The maximum Gasteiger partial charge on any atom is 0.0484 e. The van der Waals surface area contributed by atoms with Crippen molar-refractivity contribution < 1.29 is 0 Å². The minimum atomic E-state index is 0.246. The lowest BCUT2D eigenvalue weighted by Gasteiger charge is -2.06. The molecule has 1 unspecified atom stereocenters. The molecular formula is C13H12BrNS. The molecule has 2 aromatic rings. The van der Waals surface area contributed by atoms with Crippen LogP contribution in [-0.4, -0.2) is 0 Å². The second-order valence-corrected chi connectivity index (χ2v) is 5.93. The molecule has 0 saturated carbocycles. The van der Waals surface area contributed by atoms with Gasteiger partial charge in [0.2, 0.25) is 0 Å². The second-order valence-electron chi connectivity index (χ2n) is 4.16. The first-order chi connectivity index (χ1) is 7.75. The number of rotatable bonds is 1. The van der Waals surface area contributed by atoms with Gasteiger partial charge in [0, 0.05) is 15.4 Å². The zero-order valence-corrected chi connectivity index (χ0v) is 11.1. The van der Waals surface area contributed by atoms with Gasteiger partial charge in [-0.15, -0.1) is 11.3 Å². The van der Waals surface area contributed by atoms with Gasteiger partial charge in [0.1, 0.15) is 0 Å². The Hall–Kier alpha value is -0.640. The van der Waals surface area contributed by atoms with Crippen LogP contribution in [0.2, 0.25) is 0 Å². The average Bonchev–Trinajstić information content (AvgIpc) is 2.86. The van der Waals surface area contributed by atoms with Crippen LogP contribution >= 0.6 is 27.3 Å². The summed E-state index contributed by atoms with van der Waals surface area (Å²) in [5.41, 5.74) is 10.1. The number of nitrogens with two attached hydrogens (primary N) is 1. The fourth-order valence-electron chi connectivity index (χ4n) is 2.29. The van der Waals surface area contributed by atoms with Crippen molar-refractivity contribution in [3.8, 4) is 10.4 Å². The van der Waals surface area contributed by atoms with E-state index in [0.29, 0.717) is 0 Å². The molecule has 16 heavy (non-hydrogen) atoms. The minimum Gasteiger partial charge on any atom is -0.324 e. The third-order valence-electron chi connectivity index (χ3n) is 3.15. The number of aryl methyl sites for hydroxylation is 1. The largest absolute Gasteiger partial charge is 0.324 e. The lowest BCUT2D eigenvalue weighted by molar-refractivity contribution is 0.713. The molecule has 2 N–H and O–H groups in total. The van der Waals surface area contributed by atoms with Crippen LogP contribution in [-0.2, 0) is 6.42 Å². The first-order valence-electron chi connectivity index (χ1n) is 5.37. The molecule has 1 atom stereocenters. The Morgan fingerprint density at radius 1 is 1.31 bits per heavy atom. The summed E-state index contributed by atoms with van der Waals surface area (Å²) >= 11 is 5.35. The number of hydrogen-bond donors (Lipinski definition) is 1. The highest BCUT2D eigenvalue weighted by molar-refractivity contribution is 9.10. The molecule has 0 bridgehead atoms. The Morgan fingerprint density at radius 3 is 2.94 bits per heavy atom. The van der Waals surface area contributed by atoms with Crippen LogP contribution in [0.25, 0.3) is 10.4 Å². The van der Waals surface area contributed by atoms with Crippen molar-refractivity contribution in [2.45, 2.75) is 18.9 Å². The highest BCUT2D eigenvalue weighted by Crippen LogP contribution is 2.37. The monoisotopic (exact) mass is 293 g/mol. The molecule has 0 aliphatic heterocycles. The molecule has 1 aliphatic rings. The standard InChI is InChI=1S/C13H12BrNS/c14-11-5-6-16-13(11)9-1-3-10-8(7-9)2-4-12(10)15/h1,3,5-7,12H,2,4,15H2. The van der Waals surface area contributed by atoms with E-state index in [0.717, 1.165) is 12.8 Å². The molecule has 0 radical (unpaired) electrons. The van der Waals surface area contributed by atoms with Gasteiger partial charge in [-0.05, 0) is 63.0 Å². The highest BCUT2D eigenvalue weighted by atomic mass is 79.9. The van der Waals surface area contributed by atoms with E-state index in [1.807, 2.05) is 0 Å². The molecule has 3 heteroatoms. The van der Waals surface area contributed by atoms with E-state index in [9.17, 15) is 0 Å². The smallest absolute Gasteiger partial charge is 0.0484 e. The Morgan fingerprint density at radius 2 is 2.19 bits per heavy atom. The van der Waals surface area contributed by atoms with E-state index < -0.39 is 0 Å². The summed E-state index contributed by atoms with van der Waals surface area (Å²) in [4.78, 5) is 1.31. The fourth-order valence-corrected chi connectivity index (χ4v) is 3.89. The van der Waals surface area contributed by atoms with Crippen LogP contribution in [0.1, 0.15) is 23.6 Å². The number of thiophene rings is 1. The van der Waals surface area contributed by atoms with Crippen molar-refractivity contribution in [2.24, 2.45) is 5.73 Å². The van der Waals surface area contributed by atoms with Gasteiger partial charge in [0.15, 0.2) is 0 Å². The van der Waals surface area contributed by atoms with Crippen LogP contribution in [0, 0.1) is 0 Å². The molecule has 0 fully saturated rings. The zero-order valence-electron chi connectivity index (χ0n) is 8.74. The molecule has 1 aliphatic carbocycles. The lowest BCUT2D eigenvalue weighted by atomic mass is 10.0. The normalized spacial score (nSPS) is 18.8. The van der Waals surface area contributed by atoms with E-state index in [4.69, 9.17) is 5.73 Å². The van der Waals surface area contributed by atoms with Crippen molar-refractivity contribution in [1.82, 2.24) is 0 Å². The lowest BCUT2D eigenvalue weighted by Crippen LogP contribution is -2.04. The van der Waals surface area contributed by atoms with E-state index in [1.165, 1.54) is 26.0 Å². The second kappa shape index (κ2) is 3.99. The number of hydrogen-bond acceptors (Lipinski definition) is 2. The van der Waals surface area contributed by atoms with Crippen LogP contribution in [0.5, 0.6) is 0 Å². The first kappa shape index (κ1) is 10.5. The van der Waals surface area contributed by atoms with Crippen molar-refractivity contribution in [1.29, 1.82) is 0 Å². The maximum atomic E-state index is 6.04. The first-order valence-corrected chi connectivity index (χ1v) is 7.05. The molecule has 1 aromatic carbocycles. The average molecular weight is 294 g/mol. The summed E-state index contributed by atoms with van der Waals surface area (Å²) in [6, 6.07) is 9.00. The molecular weight excluding hydrogens is 282 g/mol. The topological polar surface area (TPSA) is 26.0 Å². The van der Waals surface area contributed by atoms with Crippen LogP contribution in [0.4, 0.5) is 0 Å². The Bertz CT molecular complexity index is 532. The quantitative estimate of drug-likeness (QED) is 0.841. The van der Waals surface area contributed by atoms with Gasteiger partial charge >= 0.3 is 0 Å². The Balaban J connectivity index is 2.09. The summed E-state index contributed by atoms with van der Waals surface area (Å²) in [5.74, 6) is 0. The Labute approximate surface area is 107 Å². The summed E-state index contributed by atoms with van der Waals surface area (Å²) in [7, 11) is 0. The van der Waals surface area contributed by atoms with Crippen LogP contribution in [0.3, 0.4) is 0 Å². The summed E-state index contributed by atoms with van der Waals surface area (Å²) < 4.78 is 1.18. The molecule has 0 amide bonds. The third kappa shape index (κ3) is 1.63. The van der Waals surface area contributed by atoms with E-state index in [2.05, 4.69) is 45.6 Å². The van der Waals surface area contributed by atoms with Gasteiger partial charge in [0.05, 0.1) is 0 Å². The zero-order chi connectivity index (χ0) is 11.1. The molecule has 3 rings (SSSR count). The SMILES string of the molecule is NC1CCc2cc(-c3sccc3Br)ccc21. The van der Waals surface area contributed by atoms with Gasteiger partial charge in [-0.25, -0.2) is 0 Å². The molecule has 1 aromatic heterocycles. The summed E-state index contributed by atoms with van der Waals surface area (Å²) in [6.07, 6.45) is 2.21. The van der Waals surface area contributed by atoms with Crippen molar-refractivity contribution in [3.05, 3.63) is 45.2 Å². The van der Waals surface area contributed by atoms with Crippen molar-refractivity contribution >= 4 is 27.3 Å². The van der Waals surface area contributed by atoms with Crippen LogP contribution in [0.15, 0.2) is 34.1 Å². The van der Waals surface area contributed by atoms with E-state index >= 15 is 0 Å². The number of halogens is 1. The van der Waals surface area contributed by atoms with Crippen molar-refractivity contribution in [3.63, 3.8) is 0 Å². The van der Waals surface area contributed by atoms with Gasteiger partial charge in [-0.2, -0.15) is 0 Å². The summed E-state index contributed by atoms with van der Waals surface area (Å²) in [5, 5.41) is 2.11. The van der Waals surface area contributed by atoms with Gasteiger partial charge < -0.3 is 5.73 Å². The van der Waals surface area contributed by atoms with Gasteiger partial charge in [-0.3, -0.25) is 0 Å². The maximum absolute atomic E-state index is 6.04. The third-order valence-corrected chi connectivity index (χ3v) is 5.03. The predicted octanol–water partition coefficient (Wildman–Crippen LogP) is 4.12. The van der Waals surface area contributed by atoms with E-state index in [1.54, 1.807) is 11.3 Å². The highest BCUT2D eigenvalue weighted by Gasteiger charge is 2.19. The van der Waals surface area contributed by atoms with E-state index in [-0.39, 0.29) is 6.04 Å². The fraction of sp³-hybridized carbons (Fsp3) is 0.231. The molecule has 0 spiro atoms. The van der Waals surface area contributed by atoms with Gasteiger partial charge in [0.25, 0.3) is 0 Å². The van der Waals surface area contributed by atoms with Crippen LogP contribution < -0.4 is 5.73 Å². The predicted molar refractivity (Wildman–Crippen MR) is 72.7 cm³/mol. The Kier molecular flexibility index (Phi) is 2.62. The molecule has 1 nitrogen and oxygen atoms in total. The number of benzene rings is 1. The van der Waals surface area contributed by atoms with Crippen molar-refractivity contribution in [2.75, 3.05) is 0 Å². The molecule has 82 valence electrons. The number of fused-ring (bicyclic) bond motifs is 1. The molecule has 1 heterocycles.